The molecule has 0 aliphatic heterocycles. The van der Waals surface area contributed by atoms with E-state index in [1.54, 1.807) is 18.4 Å². The highest BCUT2D eigenvalue weighted by Gasteiger charge is 2.13. The highest BCUT2D eigenvalue weighted by atomic mass is 35.5. The van der Waals surface area contributed by atoms with Crippen molar-refractivity contribution < 1.29 is 9.21 Å². The molecule has 17 heavy (non-hydrogen) atoms. The lowest BCUT2D eigenvalue weighted by Crippen LogP contribution is -2.26. The van der Waals surface area contributed by atoms with E-state index in [0.717, 1.165) is 0 Å². The number of nitrogens with zero attached hydrogens (tertiary/aromatic N) is 1. The van der Waals surface area contributed by atoms with Crippen molar-refractivity contribution in [3.8, 4) is 0 Å². The summed E-state index contributed by atoms with van der Waals surface area (Å²) in [7, 11) is 0. The van der Waals surface area contributed by atoms with Crippen LogP contribution in [0.15, 0.2) is 41.1 Å². The van der Waals surface area contributed by atoms with E-state index in [2.05, 4.69) is 10.3 Å². The maximum atomic E-state index is 11.9. The Labute approximate surface area is 104 Å². The fourth-order valence-corrected chi connectivity index (χ4v) is 1.61. The number of carbonyl (C=O) groups excluding carboxylic acids is 1. The standard InChI is InChI=1S/C12H11ClN2O2/c1-8(10-3-2-6-17-10)15-12(16)9-4-5-14-11(13)7-9/h2-8H,1H3,(H,15,16). The summed E-state index contributed by atoms with van der Waals surface area (Å²) in [5.74, 6) is 0.497. The second-order valence-electron chi connectivity index (χ2n) is 3.58. The summed E-state index contributed by atoms with van der Waals surface area (Å²) in [6.45, 7) is 1.85. The largest absolute Gasteiger partial charge is 0.467 e. The highest BCUT2D eigenvalue weighted by Crippen LogP contribution is 2.14. The zero-order valence-electron chi connectivity index (χ0n) is 9.18. The number of amides is 1. The molecular formula is C12H11ClN2O2. The second-order valence-corrected chi connectivity index (χ2v) is 3.97. The zero-order valence-corrected chi connectivity index (χ0v) is 9.94. The van der Waals surface area contributed by atoms with Crippen LogP contribution in [0.5, 0.6) is 0 Å². The molecule has 1 atom stereocenters. The van der Waals surface area contributed by atoms with E-state index in [-0.39, 0.29) is 11.9 Å². The summed E-state index contributed by atoms with van der Waals surface area (Å²) < 4.78 is 5.20. The SMILES string of the molecule is CC(NC(=O)c1ccnc(Cl)c1)c1ccco1. The quantitative estimate of drug-likeness (QED) is 0.853. The smallest absolute Gasteiger partial charge is 0.252 e. The predicted molar refractivity (Wildman–Crippen MR) is 63.8 cm³/mol. The van der Waals surface area contributed by atoms with Crippen molar-refractivity contribution in [1.29, 1.82) is 0 Å². The monoisotopic (exact) mass is 250 g/mol. The maximum Gasteiger partial charge on any atom is 0.252 e. The van der Waals surface area contributed by atoms with Crippen molar-refractivity contribution >= 4 is 17.5 Å². The summed E-state index contributed by atoms with van der Waals surface area (Å²) in [6, 6.07) is 6.53. The van der Waals surface area contributed by atoms with Crippen LogP contribution in [0.4, 0.5) is 0 Å². The first-order valence-electron chi connectivity index (χ1n) is 5.12. The molecule has 2 aromatic rings. The Bertz CT molecular complexity index is 511. The van der Waals surface area contributed by atoms with Crippen LogP contribution in [-0.2, 0) is 0 Å². The van der Waals surface area contributed by atoms with Gasteiger partial charge < -0.3 is 9.73 Å². The van der Waals surface area contributed by atoms with Gasteiger partial charge in [0.1, 0.15) is 10.9 Å². The number of aromatic nitrogens is 1. The first kappa shape index (κ1) is 11.7. The number of hydrogen-bond donors (Lipinski definition) is 1. The van der Waals surface area contributed by atoms with Crippen LogP contribution in [0.3, 0.4) is 0 Å². The van der Waals surface area contributed by atoms with E-state index in [0.29, 0.717) is 16.5 Å². The lowest BCUT2D eigenvalue weighted by Gasteiger charge is -2.11. The van der Waals surface area contributed by atoms with Gasteiger partial charge in [0.2, 0.25) is 0 Å². The van der Waals surface area contributed by atoms with E-state index in [4.69, 9.17) is 16.0 Å². The summed E-state index contributed by atoms with van der Waals surface area (Å²) in [5, 5.41) is 3.10. The van der Waals surface area contributed by atoms with Crippen molar-refractivity contribution in [2.75, 3.05) is 0 Å². The number of pyridine rings is 1. The Balaban J connectivity index is 2.07. The molecule has 4 nitrogen and oxygen atoms in total. The molecule has 1 N–H and O–H groups in total. The molecule has 5 heteroatoms. The molecule has 2 rings (SSSR count). The van der Waals surface area contributed by atoms with Crippen molar-refractivity contribution in [1.82, 2.24) is 10.3 Å². The van der Waals surface area contributed by atoms with Crippen molar-refractivity contribution in [3.63, 3.8) is 0 Å². The Morgan fingerprint density at radius 3 is 3.00 bits per heavy atom. The second kappa shape index (κ2) is 5.01. The van der Waals surface area contributed by atoms with Gasteiger partial charge in [0.25, 0.3) is 5.91 Å². The van der Waals surface area contributed by atoms with Gasteiger partial charge in [-0.25, -0.2) is 4.98 Å². The molecule has 88 valence electrons. The molecule has 1 unspecified atom stereocenters. The van der Waals surface area contributed by atoms with Gasteiger partial charge in [0, 0.05) is 11.8 Å². The number of nitrogens with one attached hydrogen (secondary N) is 1. The third kappa shape index (κ3) is 2.85. The molecule has 1 amide bonds. The summed E-state index contributed by atoms with van der Waals surface area (Å²) in [5.41, 5.74) is 0.475. The number of furan rings is 1. The molecule has 0 bridgehead atoms. The third-order valence-corrected chi connectivity index (χ3v) is 2.51. The van der Waals surface area contributed by atoms with Gasteiger partial charge in [-0.2, -0.15) is 0 Å². The van der Waals surface area contributed by atoms with Crippen LogP contribution in [-0.4, -0.2) is 10.9 Å². The average molecular weight is 251 g/mol. The average Bonchev–Trinajstić information content (AvgIpc) is 2.82. The molecule has 0 aliphatic carbocycles. The van der Waals surface area contributed by atoms with Gasteiger partial charge in [0.05, 0.1) is 12.3 Å². The molecular weight excluding hydrogens is 240 g/mol. The van der Waals surface area contributed by atoms with Crippen LogP contribution in [0.2, 0.25) is 5.15 Å². The Morgan fingerprint density at radius 1 is 1.53 bits per heavy atom. The van der Waals surface area contributed by atoms with Crippen molar-refractivity contribution in [2.24, 2.45) is 0 Å². The predicted octanol–water partition coefficient (Wildman–Crippen LogP) is 2.82. The molecule has 0 saturated carbocycles. The lowest BCUT2D eigenvalue weighted by molar-refractivity contribution is 0.0935. The Morgan fingerprint density at radius 2 is 2.35 bits per heavy atom. The molecule has 0 fully saturated rings. The van der Waals surface area contributed by atoms with E-state index in [9.17, 15) is 4.79 Å². The van der Waals surface area contributed by atoms with Crippen LogP contribution in [0.25, 0.3) is 0 Å². The van der Waals surface area contributed by atoms with Gasteiger partial charge in [-0.1, -0.05) is 11.6 Å². The third-order valence-electron chi connectivity index (χ3n) is 2.31. The van der Waals surface area contributed by atoms with Gasteiger partial charge in [-0.15, -0.1) is 0 Å². The molecule has 0 saturated heterocycles. The maximum absolute atomic E-state index is 11.9. The number of hydrogen-bond acceptors (Lipinski definition) is 3. The molecule has 0 spiro atoms. The Kier molecular flexibility index (Phi) is 3.44. The minimum absolute atomic E-state index is 0.190. The topological polar surface area (TPSA) is 55.1 Å². The van der Waals surface area contributed by atoms with Crippen molar-refractivity contribution in [3.05, 3.63) is 53.2 Å². The summed E-state index contributed by atoms with van der Waals surface area (Å²) >= 11 is 5.72. The van der Waals surface area contributed by atoms with E-state index >= 15 is 0 Å². The van der Waals surface area contributed by atoms with Crippen LogP contribution in [0, 0.1) is 0 Å². The normalized spacial score (nSPS) is 12.1. The van der Waals surface area contributed by atoms with Crippen molar-refractivity contribution in [2.45, 2.75) is 13.0 Å². The van der Waals surface area contributed by atoms with Gasteiger partial charge in [-0.3, -0.25) is 4.79 Å². The van der Waals surface area contributed by atoms with Gasteiger partial charge in [0.15, 0.2) is 0 Å². The summed E-state index contributed by atoms with van der Waals surface area (Å²) in [6.07, 6.45) is 3.07. The first-order valence-corrected chi connectivity index (χ1v) is 5.50. The summed E-state index contributed by atoms with van der Waals surface area (Å²) in [4.78, 5) is 15.7. The molecule has 0 radical (unpaired) electrons. The highest BCUT2D eigenvalue weighted by molar-refractivity contribution is 6.29. The first-order chi connectivity index (χ1) is 8.16. The van der Waals surface area contributed by atoms with Gasteiger partial charge in [-0.05, 0) is 31.2 Å². The minimum Gasteiger partial charge on any atom is -0.467 e. The fraction of sp³-hybridized carbons (Fsp3) is 0.167. The van der Waals surface area contributed by atoms with E-state index < -0.39 is 0 Å². The van der Waals surface area contributed by atoms with E-state index in [1.807, 2.05) is 13.0 Å². The molecule has 0 aliphatic rings. The molecule has 2 heterocycles. The lowest BCUT2D eigenvalue weighted by atomic mass is 10.2. The number of carbonyl (C=O) groups is 1. The number of halogens is 1. The molecule has 2 aromatic heterocycles. The van der Waals surface area contributed by atoms with Crippen LogP contribution >= 0.6 is 11.6 Å². The zero-order chi connectivity index (χ0) is 12.3. The minimum atomic E-state index is -0.210. The van der Waals surface area contributed by atoms with Gasteiger partial charge >= 0.3 is 0 Å². The van der Waals surface area contributed by atoms with Crippen LogP contribution in [0.1, 0.15) is 29.1 Å². The fourth-order valence-electron chi connectivity index (χ4n) is 1.43. The van der Waals surface area contributed by atoms with Crippen LogP contribution < -0.4 is 5.32 Å². The molecule has 0 aromatic carbocycles. The van der Waals surface area contributed by atoms with E-state index in [1.165, 1.54) is 12.3 Å². The Hall–Kier alpha value is -1.81. The number of rotatable bonds is 3.